The van der Waals surface area contributed by atoms with Crippen molar-refractivity contribution in [2.24, 2.45) is 0 Å². The van der Waals surface area contributed by atoms with Crippen LogP contribution in [0.25, 0.3) is 43.8 Å². The average molecular weight is 669 g/mol. The third-order valence-corrected chi connectivity index (χ3v) is 10.8. The molecule has 0 atom stereocenters. The molecular formula is C49H36N2O. The van der Waals surface area contributed by atoms with Crippen LogP contribution >= 0.6 is 0 Å². The minimum absolute atomic E-state index is 0.183. The van der Waals surface area contributed by atoms with Gasteiger partial charge in [0.2, 0.25) is 0 Å². The average Bonchev–Trinajstić information content (AvgIpc) is 3.65. The SMILES string of the molecule is CC1(C)c2ccc(N(c3ccccc3)c3ccccc3)cc2-c2ccc(N(c3ccccc3)c3ccc4oc5cc6ccccc6cc5c4c3)cc21. The quantitative estimate of drug-likeness (QED) is 0.176. The van der Waals surface area contributed by atoms with Crippen LogP contribution in [0.1, 0.15) is 25.0 Å². The van der Waals surface area contributed by atoms with Crippen molar-refractivity contribution in [2.75, 3.05) is 9.80 Å². The Bertz CT molecular complexity index is 2730. The first-order chi connectivity index (χ1) is 25.5. The summed E-state index contributed by atoms with van der Waals surface area (Å²) < 4.78 is 6.39. The highest BCUT2D eigenvalue weighted by Crippen LogP contribution is 2.52. The van der Waals surface area contributed by atoms with E-state index in [2.05, 4.69) is 206 Å². The van der Waals surface area contributed by atoms with Gasteiger partial charge in [0.1, 0.15) is 11.2 Å². The standard InChI is InChI=1S/C49H36N2O/c1-49(2)45-26-23-38(50(35-16-6-3-7-17-35)36-18-8-4-9-19-36)30-42(45)41-25-22-40(32-46(41)49)51(37-20-10-5-11-21-37)39-24-27-47-44(31-39)43-28-33-14-12-13-15-34(33)29-48(43)52-47/h3-32H,1-2H3. The number of benzene rings is 8. The highest BCUT2D eigenvalue weighted by atomic mass is 16.3. The number of furan rings is 1. The van der Waals surface area contributed by atoms with Gasteiger partial charge in [0, 0.05) is 50.3 Å². The first-order valence-corrected chi connectivity index (χ1v) is 17.9. The summed E-state index contributed by atoms with van der Waals surface area (Å²) >= 11 is 0. The molecule has 0 spiro atoms. The predicted molar refractivity (Wildman–Crippen MR) is 218 cm³/mol. The molecular weight excluding hydrogens is 633 g/mol. The van der Waals surface area contributed by atoms with Crippen LogP contribution in [0.3, 0.4) is 0 Å². The Labute approximate surface area is 303 Å². The van der Waals surface area contributed by atoms with Crippen molar-refractivity contribution < 1.29 is 4.42 Å². The zero-order valence-corrected chi connectivity index (χ0v) is 29.1. The Hall–Kier alpha value is -6.58. The zero-order valence-electron chi connectivity index (χ0n) is 29.1. The highest BCUT2D eigenvalue weighted by molar-refractivity contribution is 6.11. The number of nitrogens with zero attached hydrogens (tertiary/aromatic N) is 2. The Balaban J connectivity index is 1.11. The summed E-state index contributed by atoms with van der Waals surface area (Å²) in [4.78, 5) is 4.71. The van der Waals surface area contributed by atoms with Crippen LogP contribution in [-0.4, -0.2) is 0 Å². The fraction of sp³-hybridized carbons (Fsp3) is 0.0612. The van der Waals surface area contributed by atoms with E-state index in [9.17, 15) is 0 Å². The Morgan fingerprint density at radius 3 is 1.52 bits per heavy atom. The predicted octanol–water partition coefficient (Wildman–Crippen LogP) is 14.0. The van der Waals surface area contributed by atoms with Gasteiger partial charge in [-0.1, -0.05) is 105 Å². The van der Waals surface area contributed by atoms with Crippen LogP contribution in [0.2, 0.25) is 0 Å². The smallest absolute Gasteiger partial charge is 0.136 e. The number of anilines is 6. The number of hydrogen-bond acceptors (Lipinski definition) is 3. The zero-order chi connectivity index (χ0) is 34.8. The van der Waals surface area contributed by atoms with E-state index >= 15 is 0 Å². The van der Waals surface area contributed by atoms with Crippen molar-refractivity contribution in [1.29, 1.82) is 0 Å². The Kier molecular flexibility index (Phi) is 6.84. The summed E-state index contributed by atoms with van der Waals surface area (Å²) in [7, 11) is 0. The van der Waals surface area contributed by atoms with E-state index in [1.54, 1.807) is 0 Å². The lowest BCUT2D eigenvalue weighted by Crippen LogP contribution is -2.17. The van der Waals surface area contributed by atoms with Crippen molar-refractivity contribution in [3.05, 3.63) is 193 Å². The van der Waals surface area contributed by atoms with E-state index in [-0.39, 0.29) is 5.41 Å². The minimum Gasteiger partial charge on any atom is -0.456 e. The largest absolute Gasteiger partial charge is 0.456 e. The molecule has 0 aliphatic heterocycles. The van der Waals surface area contributed by atoms with Gasteiger partial charge in [-0.25, -0.2) is 0 Å². The van der Waals surface area contributed by atoms with Gasteiger partial charge in [-0.15, -0.1) is 0 Å². The maximum absolute atomic E-state index is 6.39. The van der Waals surface area contributed by atoms with Crippen LogP contribution in [0, 0.1) is 0 Å². The Morgan fingerprint density at radius 1 is 0.365 bits per heavy atom. The second-order valence-electron chi connectivity index (χ2n) is 14.2. The maximum atomic E-state index is 6.39. The molecule has 0 amide bonds. The molecule has 0 radical (unpaired) electrons. The molecule has 0 unspecified atom stereocenters. The van der Waals surface area contributed by atoms with Gasteiger partial charge in [0.15, 0.2) is 0 Å². The molecule has 1 heterocycles. The molecule has 0 N–H and O–H groups in total. The molecule has 52 heavy (non-hydrogen) atoms. The molecule has 9 aromatic rings. The lowest BCUT2D eigenvalue weighted by atomic mass is 9.82. The van der Waals surface area contributed by atoms with E-state index < -0.39 is 0 Å². The topological polar surface area (TPSA) is 19.6 Å². The molecule has 248 valence electrons. The molecule has 8 aromatic carbocycles. The first kappa shape index (κ1) is 30.3. The van der Waals surface area contributed by atoms with E-state index in [1.807, 2.05) is 0 Å². The summed E-state index contributed by atoms with van der Waals surface area (Å²) in [5.74, 6) is 0. The molecule has 3 heteroatoms. The van der Waals surface area contributed by atoms with Gasteiger partial charge >= 0.3 is 0 Å². The van der Waals surface area contributed by atoms with Crippen molar-refractivity contribution in [2.45, 2.75) is 19.3 Å². The van der Waals surface area contributed by atoms with Crippen LogP contribution in [0.4, 0.5) is 34.1 Å². The van der Waals surface area contributed by atoms with Gasteiger partial charge in [-0.05, 0) is 124 Å². The van der Waals surface area contributed by atoms with Crippen molar-refractivity contribution >= 4 is 66.8 Å². The molecule has 10 rings (SSSR count). The third kappa shape index (κ3) is 4.81. The van der Waals surface area contributed by atoms with Gasteiger partial charge in [0.05, 0.1) is 0 Å². The highest BCUT2D eigenvalue weighted by Gasteiger charge is 2.36. The third-order valence-electron chi connectivity index (χ3n) is 10.8. The van der Waals surface area contributed by atoms with E-state index in [0.29, 0.717) is 0 Å². The maximum Gasteiger partial charge on any atom is 0.136 e. The van der Waals surface area contributed by atoms with Gasteiger partial charge < -0.3 is 14.2 Å². The van der Waals surface area contributed by atoms with Gasteiger partial charge in [0.25, 0.3) is 0 Å². The number of hydrogen-bond donors (Lipinski definition) is 0. The van der Waals surface area contributed by atoms with Gasteiger partial charge in [-0.3, -0.25) is 0 Å². The molecule has 3 nitrogen and oxygen atoms in total. The summed E-state index contributed by atoms with van der Waals surface area (Å²) in [6.45, 7) is 4.71. The molecule has 0 bridgehead atoms. The van der Waals surface area contributed by atoms with Crippen LogP contribution in [-0.2, 0) is 5.41 Å². The van der Waals surface area contributed by atoms with E-state index in [1.165, 1.54) is 33.0 Å². The first-order valence-electron chi connectivity index (χ1n) is 17.9. The van der Waals surface area contributed by atoms with Gasteiger partial charge in [-0.2, -0.15) is 0 Å². The van der Waals surface area contributed by atoms with Crippen molar-refractivity contribution in [1.82, 2.24) is 0 Å². The second kappa shape index (κ2) is 11.8. The van der Waals surface area contributed by atoms with Crippen LogP contribution in [0.15, 0.2) is 186 Å². The monoisotopic (exact) mass is 668 g/mol. The second-order valence-corrected chi connectivity index (χ2v) is 14.2. The van der Waals surface area contributed by atoms with E-state index in [0.717, 1.165) is 56.1 Å². The number of fused-ring (bicyclic) bond motifs is 7. The molecule has 0 saturated heterocycles. The summed E-state index contributed by atoms with van der Waals surface area (Å²) in [6.07, 6.45) is 0. The van der Waals surface area contributed by atoms with E-state index in [4.69, 9.17) is 4.42 Å². The summed E-state index contributed by atoms with van der Waals surface area (Å²) in [5, 5.41) is 4.64. The van der Waals surface area contributed by atoms with Crippen molar-refractivity contribution in [3.63, 3.8) is 0 Å². The number of rotatable bonds is 6. The molecule has 1 aliphatic rings. The fourth-order valence-corrected chi connectivity index (χ4v) is 8.22. The van der Waals surface area contributed by atoms with Crippen LogP contribution in [0.5, 0.6) is 0 Å². The lowest BCUT2D eigenvalue weighted by molar-refractivity contribution is 0.660. The summed E-state index contributed by atoms with van der Waals surface area (Å²) in [6, 6.07) is 65.4. The fourth-order valence-electron chi connectivity index (χ4n) is 8.22. The molecule has 0 saturated carbocycles. The normalized spacial score (nSPS) is 13.0. The summed E-state index contributed by atoms with van der Waals surface area (Å²) in [5.41, 5.74) is 13.6. The van der Waals surface area contributed by atoms with Crippen molar-refractivity contribution in [3.8, 4) is 11.1 Å². The van der Waals surface area contributed by atoms with Crippen LogP contribution < -0.4 is 9.80 Å². The Morgan fingerprint density at radius 2 is 0.865 bits per heavy atom. The molecule has 0 fully saturated rings. The minimum atomic E-state index is -0.183. The lowest BCUT2D eigenvalue weighted by Gasteiger charge is -2.28. The molecule has 1 aromatic heterocycles. The number of para-hydroxylation sites is 3. The molecule has 1 aliphatic carbocycles.